The van der Waals surface area contributed by atoms with Crippen LogP contribution in [0.1, 0.15) is 11.1 Å². The van der Waals surface area contributed by atoms with Gasteiger partial charge in [-0.25, -0.2) is 4.79 Å². The molecule has 1 aromatic carbocycles. The van der Waals surface area contributed by atoms with E-state index < -0.39 is 24.5 Å². The van der Waals surface area contributed by atoms with Crippen molar-refractivity contribution < 1.29 is 19.1 Å². The summed E-state index contributed by atoms with van der Waals surface area (Å²) in [7, 11) is 0. The number of hydrogen-bond acceptors (Lipinski definition) is 5. The van der Waals surface area contributed by atoms with E-state index in [1.165, 1.54) is 23.4 Å². The van der Waals surface area contributed by atoms with E-state index in [2.05, 4.69) is 11.9 Å². The number of aryl methyl sites for hydroxylation is 2. The quantitative estimate of drug-likeness (QED) is 0.452. The van der Waals surface area contributed by atoms with Crippen LogP contribution in [0.4, 0.5) is 4.79 Å². The van der Waals surface area contributed by atoms with Crippen LogP contribution in [-0.4, -0.2) is 36.8 Å². The fraction of sp³-hybridized carbons (Fsp3) is 0.312. The molecule has 0 aliphatic heterocycles. The predicted octanol–water partition coefficient (Wildman–Crippen LogP) is 1.95. The average molecular weight is 336 g/mol. The summed E-state index contributed by atoms with van der Waals surface area (Å²) in [5.41, 5.74) is 2.33. The number of imide groups is 1. The van der Waals surface area contributed by atoms with Gasteiger partial charge in [-0.05, 0) is 37.1 Å². The highest BCUT2D eigenvalue weighted by molar-refractivity contribution is 8.00. The fourth-order valence-corrected chi connectivity index (χ4v) is 2.30. The average Bonchev–Trinajstić information content (AvgIpc) is 2.52. The number of carbonyl (C=O) groups excluding carboxylic acids is 3. The first-order chi connectivity index (χ1) is 10.9. The smallest absolute Gasteiger partial charge is 0.321 e. The highest BCUT2D eigenvalue weighted by atomic mass is 32.2. The third-order valence-electron chi connectivity index (χ3n) is 2.86. The second kappa shape index (κ2) is 9.68. The number of hydrogen-bond donors (Lipinski definition) is 2. The van der Waals surface area contributed by atoms with Crippen molar-refractivity contribution in [3.05, 3.63) is 42.0 Å². The van der Waals surface area contributed by atoms with Gasteiger partial charge in [0.05, 0.1) is 5.75 Å². The standard InChI is InChI=1S/C16H20N2O4S/c1-4-7-17-16(21)18-14(19)9-22-15(20)10-23-13-6-5-11(2)12(3)8-13/h4-6,8H,1,7,9-10H2,2-3H3,(H2,17,18,19,21). The first-order valence-electron chi connectivity index (χ1n) is 6.96. The van der Waals surface area contributed by atoms with Gasteiger partial charge >= 0.3 is 12.0 Å². The van der Waals surface area contributed by atoms with Crippen molar-refractivity contribution in [1.29, 1.82) is 0 Å². The van der Waals surface area contributed by atoms with Crippen molar-refractivity contribution >= 4 is 29.7 Å². The lowest BCUT2D eigenvalue weighted by Crippen LogP contribution is -2.41. The number of urea groups is 1. The predicted molar refractivity (Wildman–Crippen MR) is 89.3 cm³/mol. The van der Waals surface area contributed by atoms with Crippen molar-refractivity contribution in [3.63, 3.8) is 0 Å². The van der Waals surface area contributed by atoms with Gasteiger partial charge in [0.15, 0.2) is 6.61 Å². The fourth-order valence-electron chi connectivity index (χ4n) is 1.51. The zero-order valence-corrected chi connectivity index (χ0v) is 14.0. The largest absolute Gasteiger partial charge is 0.455 e. The molecule has 0 spiro atoms. The SMILES string of the molecule is C=CCNC(=O)NC(=O)COC(=O)CSc1ccc(C)c(C)c1. The number of amides is 3. The van der Waals surface area contributed by atoms with Gasteiger partial charge in [0.25, 0.3) is 5.91 Å². The van der Waals surface area contributed by atoms with Gasteiger partial charge < -0.3 is 10.1 Å². The van der Waals surface area contributed by atoms with E-state index in [1.54, 1.807) is 0 Å². The third kappa shape index (κ3) is 7.51. The molecule has 0 unspecified atom stereocenters. The summed E-state index contributed by atoms with van der Waals surface area (Å²) in [5, 5.41) is 4.41. The third-order valence-corrected chi connectivity index (χ3v) is 3.83. The summed E-state index contributed by atoms with van der Waals surface area (Å²) >= 11 is 1.33. The van der Waals surface area contributed by atoms with Gasteiger partial charge in [0.1, 0.15) is 0 Å². The molecule has 0 aliphatic carbocycles. The number of thioether (sulfide) groups is 1. The molecule has 0 fully saturated rings. The lowest BCUT2D eigenvalue weighted by molar-refractivity contribution is -0.145. The molecule has 0 atom stereocenters. The van der Waals surface area contributed by atoms with E-state index in [1.807, 2.05) is 37.4 Å². The van der Waals surface area contributed by atoms with Gasteiger partial charge in [-0.15, -0.1) is 18.3 Å². The normalized spacial score (nSPS) is 9.83. The molecule has 0 radical (unpaired) electrons. The van der Waals surface area contributed by atoms with E-state index in [9.17, 15) is 14.4 Å². The zero-order valence-electron chi connectivity index (χ0n) is 13.2. The minimum Gasteiger partial charge on any atom is -0.455 e. The number of nitrogens with one attached hydrogen (secondary N) is 2. The van der Waals surface area contributed by atoms with Crippen LogP contribution in [0.3, 0.4) is 0 Å². The lowest BCUT2D eigenvalue weighted by atomic mass is 10.1. The molecule has 0 aliphatic rings. The highest BCUT2D eigenvalue weighted by Gasteiger charge is 2.11. The Morgan fingerprint density at radius 3 is 2.65 bits per heavy atom. The van der Waals surface area contributed by atoms with Crippen molar-refractivity contribution in [2.45, 2.75) is 18.7 Å². The van der Waals surface area contributed by atoms with Gasteiger partial charge in [-0.3, -0.25) is 14.9 Å². The Labute approximate surface area is 139 Å². The number of benzene rings is 1. The summed E-state index contributed by atoms with van der Waals surface area (Å²) in [4.78, 5) is 35.1. The van der Waals surface area contributed by atoms with Crippen molar-refractivity contribution in [2.24, 2.45) is 0 Å². The maximum Gasteiger partial charge on any atom is 0.321 e. The maximum absolute atomic E-state index is 11.6. The Bertz CT molecular complexity index is 602. The molecule has 0 aromatic heterocycles. The van der Waals surface area contributed by atoms with Crippen LogP contribution in [0, 0.1) is 13.8 Å². The zero-order chi connectivity index (χ0) is 17.2. The molecular weight excluding hydrogens is 316 g/mol. The van der Waals surface area contributed by atoms with Crippen molar-refractivity contribution in [2.75, 3.05) is 18.9 Å². The minimum atomic E-state index is -0.684. The molecule has 1 aromatic rings. The van der Waals surface area contributed by atoms with Crippen LogP contribution in [0.5, 0.6) is 0 Å². The molecule has 7 heteroatoms. The van der Waals surface area contributed by atoms with Gasteiger partial charge in [-0.2, -0.15) is 0 Å². The molecule has 2 N–H and O–H groups in total. The van der Waals surface area contributed by atoms with E-state index in [0.29, 0.717) is 0 Å². The molecule has 124 valence electrons. The number of esters is 1. The van der Waals surface area contributed by atoms with Crippen LogP contribution in [-0.2, 0) is 14.3 Å². The van der Waals surface area contributed by atoms with Crippen molar-refractivity contribution in [3.8, 4) is 0 Å². The Kier molecular flexibility index (Phi) is 7.90. The van der Waals surface area contributed by atoms with E-state index in [4.69, 9.17) is 4.74 Å². The minimum absolute atomic E-state index is 0.0957. The van der Waals surface area contributed by atoms with Crippen LogP contribution < -0.4 is 10.6 Å². The highest BCUT2D eigenvalue weighted by Crippen LogP contribution is 2.20. The molecule has 3 amide bonds. The Morgan fingerprint density at radius 1 is 1.26 bits per heavy atom. The lowest BCUT2D eigenvalue weighted by Gasteiger charge is -2.07. The second-order valence-electron chi connectivity index (χ2n) is 4.74. The van der Waals surface area contributed by atoms with E-state index in [-0.39, 0.29) is 12.3 Å². The van der Waals surface area contributed by atoms with Crippen LogP contribution in [0.25, 0.3) is 0 Å². The maximum atomic E-state index is 11.6. The summed E-state index contributed by atoms with van der Waals surface area (Å²) < 4.78 is 4.81. The van der Waals surface area contributed by atoms with Gasteiger partial charge in [0, 0.05) is 11.4 Å². The number of rotatable bonds is 7. The van der Waals surface area contributed by atoms with E-state index in [0.717, 1.165) is 10.5 Å². The van der Waals surface area contributed by atoms with Crippen molar-refractivity contribution in [1.82, 2.24) is 10.6 Å². The van der Waals surface area contributed by atoms with Crippen LogP contribution >= 0.6 is 11.8 Å². The summed E-state index contributed by atoms with van der Waals surface area (Å²) in [6, 6.07) is 5.24. The Hall–Kier alpha value is -2.28. The van der Waals surface area contributed by atoms with Crippen LogP contribution in [0.2, 0.25) is 0 Å². The molecule has 1 rings (SSSR count). The van der Waals surface area contributed by atoms with Gasteiger partial charge in [-0.1, -0.05) is 12.1 Å². The Morgan fingerprint density at radius 2 is 2.00 bits per heavy atom. The van der Waals surface area contributed by atoms with Gasteiger partial charge in [0.2, 0.25) is 0 Å². The topological polar surface area (TPSA) is 84.5 Å². The molecule has 0 bridgehead atoms. The Balaban J connectivity index is 2.28. The molecule has 6 nitrogen and oxygen atoms in total. The first kappa shape index (κ1) is 18.8. The number of ether oxygens (including phenoxy) is 1. The first-order valence-corrected chi connectivity index (χ1v) is 7.95. The van der Waals surface area contributed by atoms with Crippen LogP contribution in [0.15, 0.2) is 35.7 Å². The monoisotopic (exact) mass is 336 g/mol. The molecule has 0 saturated heterocycles. The summed E-state index contributed by atoms with van der Waals surface area (Å²) in [6.07, 6.45) is 1.48. The number of carbonyl (C=O) groups is 3. The summed E-state index contributed by atoms with van der Waals surface area (Å²) in [5.74, 6) is -1.11. The molecule has 0 saturated carbocycles. The molecule has 0 heterocycles. The summed E-state index contributed by atoms with van der Waals surface area (Å²) in [6.45, 7) is 7.19. The second-order valence-corrected chi connectivity index (χ2v) is 5.79. The van der Waals surface area contributed by atoms with E-state index >= 15 is 0 Å². The molecule has 23 heavy (non-hydrogen) atoms. The molecular formula is C16H20N2O4S.